The first kappa shape index (κ1) is 14.1. The molecular weight excluding hydrogens is 238 g/mol. The van der Waals surface area contributed by atoms with E-state index in [9.17, 15) is 5.11 Å². The number of furan rings is 1. The molecule has 0 saturated heterocycles. The van der Waals surface area contributed by atoms with Crippen LogP contribution in [0.3, 0.4) is 0 Å². The first-order valence-corrected chi connectivity index (χ1v) is 6.88. The van der Waals surface area contributed by atoms with E-state index in [4.69, 9.17) is 4.42 Å². The molecule has 19 heavy (non-hydrogen) atoms. The number of nitrogens with one attached hydrogen (secondary N) is 1. The molecule has 3 heteroatoms. The van der Waals surface area contributed by atoms with Gasteiger partial charge in [-0.3, -0.25) is 0 Å². The smallest absolute Gasteiger partial charge is 0.134 e. The number of aryl methyl sites for hydroxylation is 1. The van der Waals surface area contributed by atoms with Crippen LogP contribution in [0.5, 0.6) is 0 Å². The van der Waals surface area contributed by atoms with Crippen LogP contribution in [-0.2, 0) is 13.0 Å². The second-order valence-electron chi connectivity index (χ2n) is 5.60. The zero-order valence-corrected chi connectivity index (χ0v) is 12.2. The lowest BCUT2D eigenvalue weighted by molar-refractivity contribution is 0.0956. The van der Waals surface area contributed by atoms with Crippen molar-refractivity contribution in [2.45, 2.75) is 52.3 Å². The van der Waals surface area contributed by atoms with E-state index in [1.807, 2.05) is 32.0 Å². The molecule has 0 saturated carbocycles. The second-order valence-corrected chi connectivity index (χ2v) is 5.60. The van der Waals surface area contributed by atoms with E-state index in [1.54, 1.807) is 6.92 Å². The lowest BCUT2D eigenvalue weighted by atomic mass is 9.98. The molecule has 1 aromatic carbocycles. The zero-order valence-electron chi connectivity index (χ0n) is 12.2. The molecule has 3 nitrogen and oxygen atoms in total. The maximum absolute atomic E-state index is 9.76. The largest absolute Gasteiger partial charge is 0.461 e. The Morgan fingerprint density at radius 2 is 2.00 bits per heavy atom. The summed E-state index contributed by atoms with van der Waals surface area (Å²) in [5.74, 6) is 1.02. The van der Waals surface area contributed by atoms with Crippen molar-refractivity contribution in [2.24, 2.45) is 0 Å². The van der Waals surface area contributed by atoms with E-state index in [0.29, 0.717) is 6.54 Å². The summed E-state index contributed by atoms with van der Waals surface area (Å²) in [4.78, 5) is 0. The molecule has 0 radical (unpaired) electrons. The first-order chi connectivity index (χ1) is 8.95. The van der Waals surface area contributed by atoms with Gasteiger partial charge in [-0.05, 0) is 26.8 Å². The van der Waals surface area contributed by atoms with Gasteiger partial charge < -0.3 is 14.8 Å². The predicted octanol–water partition coefficient (Wildman–Crippen LogP) is 3.24. The average molecular weight is 261 g/mol. The number of hydrogen-bond acceptors (Lipinski definition) is 3. The lowest BCUT2D eigenvalue weighted by Crippen LogP contribution is -2.47. The molecule has 1 aromatic heterocycles. The van der Waals surface area contributed by atoms with Crippen LogP contribution in [-0.4, -0.2) is 16.7 Å². The van der Waals surface area contributed by atoms with Crippen LogP contribution in [0.25, 0.3) is 11.0 Å². The summed E-state index contributed by atoms with van der Waals surface area (Å²) in [6.07, 6.45) is 0.469. The molecule has 104 valence electrons. The Labute approximate surface area is 114 Å². The first-order valence-electron chi connectivity index (χ1n) is 6.88. The van der Waals surface area contributed by atoms with Crippen molar-refractivity contribution in [1.82, 2.24) is 5.32 Å². The van der Waals surface area contributed by atoms with E-state index >= 15 is 0 Å². The molecule has 0 spiro atoms. The van der Waals surface area contributed by atoms with Crippen molar-refractivity contribution in [2.75, 3.05) is 0 Å². The fourth-order valence-corrected chi connectivity index (χ4v) is 2.09. The second kappa shape index (κ2) is 5.35. The Kier molecular flexibility index (Phi) is 3.97. The Bertz CT molecular complexity index is 555. The topological polar surface area (TPSA) is 45.4 Å². The Morgan fingerprint density at radius 3 is 2.63 bits per heavy atom. The number of hydrogen-bond donors (Lipinski definition) is 2. The van der Waals surface area contributed by atoms with E-state index in [-0.39, 0.29) is 5.54 Å². The Morgan fingerprint density at radius 1 is 1.32 bits per heavy atom. The maximum Gasteiger partial charge on any atom is 0.134 e. The molecule has 1 atom stereocenters. The van der Waals surface area contributed by atoms with Crippen LogP contribution in [0.2, 0.25) is 0 Å². The van der Waals surface area contributed by atoms with E-state index in [1.165, 1.54) is 5.56 Å². The van der Waals surface area contributed by atoms with Gasteiger partial charge in [0.25, 0.3) is 0 Å². The summed E-state index contributed by atoms with van der Waals surface area (Å²) in [5.41, 5.74) is 1.82. The Hall–Kier alpha value is -1.32. The highest BCUT2D eigenvalue weighted by Crippen LogP contribution is 2.26. The third-order valence-electron chi connectivity index (χ3n) is 3.87. The molecule has 2 rings (SSSR count). The van der Waals surface area contributed by atoms with Gasteiger partial charge in [-0.1, -0.05) is 25.1 Å². The normalized spacial score (nSPS) is 13.9. The number of aliphatic hydroxyl groups is 1. The number of aliphatic hydroxyl groups excluding tert-OH is 1. The van der Waals surface area contributed by atoms with Gasteiger partial charge in [0, 0.05) is 29.5 Å². The standard InChI is InChI=1S/C16H23NO2/c1-5-14-13(10-17-16(3,4)11(2)18)12-8-6-7-9-15(12)19-14/h6-9,11,17-18H,5,10H2,1-4H3. The van der Waals surface area contributed by atoms with E-state index in [2.05, 4.69) is 18.3 Å². The van der Waals surface area contributed by atoms with Crippen molar-refractivity contribution in [3.8, 4) is 0 Å². The molecule has 0 aliphatic rings. The van der Waals surface area contributed by atoms with Crippen molar-refractivity contribution in [3.63, 3.8) is 0 Å². The van der Waals surface area contributed by atoms with Crippen LogP contribution in [0.1, 0.15) is 39.0 Å². The summed E-state index contributed by atoms with van der Waals surface area (Å²) in [5, 5.41) is 14.3. The van der Waals surface area contributed by atoms with Gasteiger partial charge in [0.05, 0.1) is 6.10 Å². The zero-order chi connectivity index (χ0) is 14.0. The van der Waals surface area contributed by atoms with Gasteiger partial charge in [-0.2, -0.15) is 0 Å². The monoisotopic (exact) mass is 261 g/mol. The highest BCUT2D eigenvalue weighted by molar-refractivity contribution is 5.82. The van der Waals surface area contributed by atoms with Gasteiger partial charge in [-0.15, -0.1) is 0 Å². The number of rotatable bonds is 5. The minimum Gasteiger partial charge on any atom is -0.461 e. The fourth-order valence-electron chi connectivity index (χ4n) is 2.09. The summed E-state index contributed by atoms with van der Waals surface area (Å²) < 4.78 is 5.87. The lowest BCUT2D eigenvalue weighted by Gasteiger charge is -2.29. The Balaban J connectivity index is 2.29. The van der Waals surface area contributed by atoms with Gasteiger partial charge in [0.2, 0.25) is 0 Å². The van der Waals surface area contributed by atoms with Gasteiger partial charge in [0.15, 0.2) is 0 Å². The van der Waals surface area contributed by atoms with Crippen LogP contribution in [0, 0.1) is 0 Å². The van der Waals surface area contributed by atoms with Gasteiger partial charge >= 0.3 is 0 Å². The van der Waals surface area contributed by atoms with Crippen LogP contribution < -0.4 is 5.32 Å². The molecule has 1 unspecified atom stereocenters. The van der Waals surface area contributed by atoms with Crippen molar-refractivity contribution in [1.29, 1.82) is 0 Å². The van der Waals surface area contributed by atoms with Crippen LogP contribution >= 0.6 is 0 Å². The molecular formula is C16H23NO2. The molecule has 0 fully saturated rings. The molecule has 0 aliphatic heterocycles. The number of benzene rings is 1. The minimum absolute atomic E-state index is 0.316. The SMILES string of the molecule is CCc1oc2ccccc2c1CNC(C)(C)C(C)O. The third kappa shape index (κ3) is 2.82. The van der Waals surface area contributed by atoms with Gasteiger partial charge in [-0.25, -0.2) is 0 Å². The fraction of sp³-hybridized carbons (Fsp3) is 0.500. The number of para-hydroxylation sites is 1. The summed E-state index contributed by atoms with van der Waals surface area (Å²) in [6.45, 7) is 8.62. The van der Waals surface area contributed by atoms with E-state index in [0.717, 1.165) is 23.2 Å². The van der Waals surface area contributed by atoms with Crippen molar-refractivity contribution < 1.29 is 9.52 Å². The van der Waals surface area contributed by atoms with Crippen LogP contribution in [0.4, 0.5) is 0 Å². The minimum atomic E-state index is -0.407. The maximum atomic E-state index is 9.76. The number of fused-ring (bicyclic) bond motifs is 1. The molecule has 1 heterocycles. The molecule has 0 aliphatic carbocycles. The molecule has 2 aromatic rings. The summed E-state index contributed by atoms with van der Waals surface area (Å²) in [7, 11) is 0. The third-order valence-corrected chi connectivity index (χ3v) is 3.87. The van der Waals surface area contributed by atoms with E-state index < -0.39 is 6.10 Å². The van der Waals surface area contributed by atoms with Crippen LogP contribution in [0.15, 0.2) is 28.7 Å². The predicted molar refractivity (Wildman–Crippen MR) is 78.2 cm³/mol. The van der Waals surface area contributed by atoms with Gasteiger partial charge in [0.1, 0.15) is 11.3 Å². The highest BCUT2D eigenvalue weighted by Gasteiger charge is 2.24. The molecule has 0 bridgehead atoms. The highest BCUT2D eigenvalue weighted by atomic mass is 16.3. The van der Waals surface area contributed by atoms with Crippen molar-refractivity contribution in [3.05, 3.63) is 35.6 Å². The molecule has 0 amide bonds. The summed E-state index contributed by atoms with van der Waals surface area (Å²) >= 11 is 0. The summed E-state index contributed by atoms with van der Waals surface area (Å²) in [6, 6.07) is 8.10. The average Bonchev–Trinajstić information content (AvgIpc) is 2.74. The quantitative estimate of drug-likeness (QED) is 0.868. The van der Waals surface area contributed by atoms with Crippen molar-refractivity contribution >= 4 is 11.0 Å². The molecule has 2 N–H and O–H groups in total.